The molecule has 1 aliphatic heterocycles. The summed E-state index contributed by atoms with van der Waals surface area (Å²) < 4.78 is 10.5. The van der Waals surface area contributed by atoms with Crippen molar-refractivity contribution in [2.75, 3.05) is 31.0 Å². The van der Waals surface area contributed by atoms with E-state index in [1.807, 2.05) is 6.07 Å². The fourth-order valence-electron chi connectivity index (χ4n) is 3.00. The van der Waals surface area contributed by atoms with E-state index in [0.717, 1.165) is 0 Å². The minimum absolute atomic E-state index is 0.122. The van der Waals surface area contributed by atoms with E-state index in [2.05, 4.69) is 5.32 Å². The van der Waals surface area contributed by atoms with Gasteiger partial charge in [-0.3, -0.25) is 9.59 Å². The second kappa shape index (κ2) is 7.79. The number of carbonyl (C=O) groups excluding carboxylic acids is 2. The number of nitrogens with one attached hydrogen (secondary N) is 1. The van der Waals surface area contributed by atoms with Gasteiger partial charge in [0, 0.05) is 24.7 Å². The lowest BCUT2D eigenvalue weighted by molar-refractivity contribution is -0.122. The SMILES string of the molecule is COc1ccc(N2C[C@H](C(=O)Nc3ccc(C#N)cc3)CC2=O)c(OC)c1. The van der Waals surface area contributed by atoms with Crippen LogP contribution in [0, 0.1) is 17.2 Å². The third-order valence-corrected chi connectivity index (χ3v) is 4.46. The second-order valence-electron chi connectivity index (χ2n) is 6.12. The largest absolute Gasteiger partial charge is 0.497 e. The number of benzene rings is 2. The van der Waals surface area contributed by atoms with Gasteiger partial charge >= 0.3 is 0 Å². The van der Waals surface area contributed by atoms with Gasteiger partial charge in [0.25, 0.3) is 0 Å². The minimum Gasteiger partial charge on any atom is -0.497 e. The van der Waals surface area contributed by atoms with Crippen molar-refractivity contribution < 1.29 is 19.1 Å². The van der Waals surface area contributed by atoms with Crippen LogP contribution in [0.15, 0.2) is 42.5 Å². The number of nitriles is 1. The number of anilines is 2. The molecule has 1 aliphatic rings. The Kier molecular flexibility index (Phi) is 5.27. The lowest BCUT2D eigenvalue weighted by Gasteiger charge is -2.20. The molecule has 1 heterocycles. The van der Waals surface area contributed by atoms with E-state index in [4.69, 9.17) is 14.7 Å². The van der Waals surface area contributed by atoms with Gasteiger partial charge in [0.2, 0.25) is 11.8 Å². The van der Waals surface area contributed by atoms with E-state index >= 15 is 0 Å². The Labute approximate surface area is 157 Å². The summed E-state index contributed by atoms with van der Waals surface area (Å²) in [7, 11) is 3.08. The van der Waals surface area contributed by atoms with Gasteiger partial charge in [0.05, 0.1) is 37.5 Å². The third kappa shape index (κ3) is 3.85. The van der Waals surface area contributed by atoms with Gasteiger partial charge in [-0.2, -0.15) is 5.26 Å². The normalized spacial score (nSPS) is 16.0. The average Bonchev–Trinajstić information content (AvgIpc) is 3.09. The lowest BCUT2D eigenvalue weighted by atomic mass is 10.1. The average molecular weight is 365 g/mol. The molecule has 0 saturated carbocycles. The summed E-state index contributed by atoms with van der Waals surface area (Å²) in [5.41, 5.74) is 1.71. The monoisotopic (exact) mass is 365 g/mol. The fourth-order valence-corrected chi connectivity index (χ4v) is 3.00. The van der Waals surface area contributed by atoms with Crippen LogP contribution in [0.2, 0.25) is 0 Å². The number of rotatable bonds is 5. The first-order valence-corrected chi connectivity index (χ1v) is 8.39. The van der Waals surface area contributed by atoms with Crippen LogP contribution in [0.3, 0.4) is 0 Å². The number of carbonyl (C=O) groups is 2. The molecule has 138 valence electrons. The van der Waals surface area contributed by atoms with Crippen molar-refractivity contribution in [3.63, 3.8) is 0 Å². The summed E-state index contributed by atoms with van der Waals surface area (Å²) in [5.74, 6) is 0.287. The van der Waals surface area contributed by atoms with Gasteiger partial charge in [0.1, 0.15) is 11.5 Å². The van der Waals surface area contributed by atoms with Crippen LogP contribution < -0.4 is 19.7 Å². The van der Waals surface area contributed by atoms with Crippen LogP contribution >= 0.6 is 0 Å². The molecule has 7 nitrogen and oxygen atoms in total. The highest BCUT2D eigenvalue weighted by atomic mass is 16.5. The summed E-state index contributed by atoms with van der Waals surface area (Å²) in [6.07, 6.45) is 0.122. The van der Waals surface area contributed by atoms with E-state index in [1.54, 1.807) is 54.5 Å². The zero-order valence-electron chi connectivity index (χ0n) is 15.1. The summed E-state index contributed by atoms with van der Waals surface area (Å²) in [4.78, 5) is 26.6. The maximum Gasteiger partial charge on any atom is 0.229 e. The van der Waals surface area contributed by atoms with Crippen molar-refractivity contribution in [1.29, 1.82) is 5.26 Å². The molecule has 0 aliphatic carbocycles. The first-order chi connectivity index (χ1) is 13.0. The van der Waals surface area contributed by atoms with E-state index in [-0.39, 0.29) is 24.8 Å². The number of amides is 2. The van der Waals surface area contributed by atoms with E-state index in [1.165, 1.54) is 7.11 Å². The molecule has 0 bridgehead atoms. The van der Waals surface area contributed by atoms with Gasteiger partial charge in [-0.05, 0) is 36.4 Å². The van der Waals surface area contributed by atoms with Crippen molar-refractivity contribution in [2.24, 2.45) is 5.92 Å². The molecule has 7 heteroatoms. The lowest BCUT2D eigenvalue weighted by Crippen LogP contribution is -2.28. The quantitative estimate of drug-likeness (QED) is 0.879. The molecular formula is C20H19N3O4. The molecule has 0 radical (unpaired) electrons. The first kappa shape index (κ1) is 18.3. The van der Waals surface area contributed by atoms with Crippen molar-refractivity contribution in [1.82, 2.24) is 0 Å². The standard InChI is InChI=1S/C20H19N3O4/c1-26-16-7-8-17(18(10-16)27-2)23-12-14(9-19(23)24)20(25)22-15-5-3-13(11-21)4-6-15/h3-8,10,14H,9,12H2,1-2H3,(H,22,25)/t14-/m1/s1. The van der Waals surface area contributed by atoms with Crippen molar-refractivity contribution in [2.45, 2.75) is 6.42 Å². The minimum atomic E-state index is -0.472. The Hall–Kier alpha value is -3.53. The highest BCUT2D eigenvalue weighted by molar-refractivity contribution is 6.04. The Morgan fingerprint density at radius 1 is 1.19 bits per heavy atom. The summed E-state index contributed by atoms with van der Waals surface area (Å²) in [5, 5.41) is 11.6. The number of hydrogen-bond acceptors (Lipinski definition) is 5. The Balaban J connectivity index is 1.73. The number of hydrogen-bond donors (Lipinski definition) is 1. The van der Waals surface area contributed by atoms with Crippen molar-refractivity contribution in [3.05, 3.63) is 48.0 Å². The van der Waals surface area contributed by atoms with Gasteiger partial charge in [-0.25, -0.2) is 0 Å². The third-order valence-electron chi connectivity index (χ3n) is 4.46. The zero-order valence-corrected chi connectivity index (χ0v) is 15.1. The Morgan fingerprint density at radius 3 is 2.56 bits per heavy atom. The van der Waals surface area contributed by atoms with Crippen LogP contribution in [-0.4, -0.2) is 32.6 Å². The first-order valence-electron chi connectivity index (χ1n) is 8.39. The second-order valence-corrected chi connectivity index (χ2v) is 6.12. The Morgan fingerprint density at radius 2 is 1.93 bits per heavy atom. The molecule has 3 rings (SSSR count). The van der Waals surface area contributed by atoms with Crippen LogP contribution in [0.1, 0.15) is 12.0 Å². The topological polar surface area (TPSA) is 91.7 Å². The van der Waals surface area contributed by atoms with E-state index in [9.17, 15) is 9.59 Å². The van der Waals surface area contributed by atoms with Gasteiger partial charge in [0.15, 0.2) is 0 Å². The highest BCUT2D eigenvalue weighted by Gasteiger charge is 2.36. The van der Waals surface area contributed by atoms with E-state index in [0.29, 0.717) is 28.4 Å². The molecule has 1 fully saturated rings. The van der Waals surface area contributed by atoms with Gasteiger partial charge in [-0.15, -0.1) is 0 Å². The molecule has 1 atom stereocenters. The van der Waals surface area contributed by atoms with E-state index < -0.39 is 5.92 Å². The van der Waals surface area contributed by atoms with Crippen LogP contribution in [0.25, 0.3) is 0 Å². The predicted octanol–water partition coefficient (Wildman–Crippen LogP) is 2.57. The highest BCUT2D eigenvalue weighted by Crippen LogP contribution is 2.36. The van der Waals surface area contributed by atoms with Crippen molar-refractivity contribution in [3.8, 4) is 17.6 Å². The molecule has 0 aromatic heterocycles. The van der Waals surface area contributed by atoms with Gasteiger partial charge in [-0.1, -0.05) is 0 Å². The number of methoxy groups -OCH3 is 2. The molecule has 1 N–H and O–H groups in total. The maximum atomic E-state index is 12.5. The van der Waals surface area contributed by atoms with Crippen LogP contribution in [0.5, 0.6) is 11.5 Å². The molecule has 0 unspecified atom stereocenters. The zero-order chi connectivity index (χ0) is 19.4. The number of ether oxygens (including phenoxy) is 2. The molecule has 2 aromatic carbocycles. The van der Waals surface area contributed by atoms with Gasteiger partial charge < -0.3 is 19.7 Å². The van der Waals surface area contributed by atoms with Crippen LogP contribution in [0.4, 0.5) is 11.4 Å². The maximum absolute atomic E-state index is 12.5. The fraction of sp³-hybridized carbons (Fsp3) is 0.250. The summed E-state index contributed by atoms with van der Waals surface area (Å²) in [6.45, 7) is 0.267. The predicted molar refractivity (Wildman–Crippen MR) is 99.8 cm³/mol. The molecule has 2 aromatic rings. The summed E-state index contributed by atoms with van der Waals surface area (Å²) in [6, 6.07) is 13.8. The molecule has 2 amide bonds. The Bertz CT molecular complexity index is 902. The smallest absolute Gasteiger partial charge is 0.229 e. The molecule has 27 heavy (non-hydrogen) atoms. The van der Waals surface area contributed by atoms with Crippen LogP contribution in [-0.2, 0) is 9.59 Å². The number of nitrogens with zero attached hydrogens (tertiary/aromatic N) is 2. The molecule has 1 saturated heterocycles. The van der Waals surface area contributed by atoms with Crippen molar-refractivity contribution >= 4 is 23.2 Å². The molecule has 0 spiro atoms. The molecular weight excluding hydrogens is 346 g/mol. The summed E-state index contributed by atoms with van der Waals surface area (Å²) >= 11 is 0.